The average molecular weight is 404 g/mol. The SMILES string of the molecule is CC(CCCC(C)C(=O)O)NC(=O)Nc1ccc(I)cc1. The summed E-state index contributed by atoms with van der Waals surface area (Å²) < 4.78 is 1.11. The maximum absolute atomic E-state index is 11.8. The van der Waals surface area contributed by atoms with Crippen molar-refractivity contribution in [2.75, 3.05) is 5.32 Å². The molecular weight excluding hydrogens is 383 g/mol. The summed E-state index contributed by atoms with van der Waals surface area (Å²) >= 11 is 2.20. The molecule has 0 aromatic heterocycles. The van der Waals surface area contributed by atoms with Gasteiger partial charge in [0.2, 0.25) is 0 Å². The molecule has 1 aromatic rings. The van der Waals surface area contributed by atoms with Crippen molar-refractivity contribution in [3.05, 3.63) is 27.8 Å². The summed E-state index contributed by atoms with van der Waals surface area (Å²) in [7, 11) is 0. The van der Waals surface area contributed by atoms with Crippen molar-refractivity contribution in [2.24, 2.45) is 5.92 Å². The molecule has 0 bridgehead atoms. The number of aliphatic carboxylic acids is 1. The van der Waals surface area contributed by atoms with Crippen molar-refractivity contribution in [3.63, 3.8) is 0 Å². The molecule has 0 aliphatic carbocycles. The first-order chi connectivity index (χ1) is 9.88. The highest BCUT2D eigenvalue weighted by molar-refractivity contribution is 14.1. The fourth-order valence-corrected chi connectivity index (χ4v) is 2.21. The monoisotopic (exact) mass is 404 g/mol. The van der Waals surface area contributed by atoms with Crippen molar-refractivity contribution in [1.82, 2.24) is 5.32 Å². The molecule has 0 saturated heterocycles. The molecular formula is C15H21IN2O3. The molecule has 116 valence electrons. The third-order valence-corrected chi connectivity index (χ3v) is 3.89. The normalized spacial score (nSPS) is 13.3. The lowest BCUT2D eigenvalue weighted by Crippen LogP contribution is -2.36. The van der Waals surface area contributed by atoms with E-state index in [2.05, 4.69) is 33.2 Å². The van der Waals surface area contributed by atoms with Crippen LogP contribution < -0.4 is 10.6 Å². The van der Waals surface area contributed by atoms with E-state index in [0.717, 1.165) is 22.1 Å². The number of nitrogens with one attached hydrogen (secondary N) is 2. The van der Waals surface area contributed by atoms with E-state index in [1.807, 2.05) is 31.2 Å². The number of anilines is 1. The smallest absolute Gasteiger partial charge is 0.319 e. The highest BCUT2D eigenvalue weighted by Crippen LogP contribution is 2.12. The molecule has 1 aromatic carbocycles. The van der Waals surface area contributed by atoms with E-state index in [4.69, 9.17) is 5.11 Å². The van der Waals surface area contributed by atoms with Crippen LogP contribution in [0.2, 0.25) is 0 Å². The number of hydrogen-bond acceptors (Lipinski definition) is 2. The van der Waals surface area contributed by atoms with Crippen LogP contribution in [0.1, 0.15) is 33.1 Å². The number of carbonyl (C=O) groups is 2. The zero-order valence-corrected chi connectivity index (χ0v) is 14.4. The van der Waals surface area contributed by atoms with E-state index in [1.165, 1.54) is 0 Å². The van der Waals surface area contributed by atoms with Crippen LogP contribution in [0.3, 0.4) is 0 Å². The predicted octanol–water partition coefficient (Wildman–Crippen LogP) is 3.69. The second kappa shape index (κ2) is 8.86. The Balaban J connectivity index is 2.27. The molecule has 3 N–H and O–H groups in total. The van der Waals surface area contributed by atoms with Crippen molar-refractivity contribution in [2.45, 2.75) is 39.2 Å². The highest BCUT2D eigenvalue weighted by Gasteiger charge is 2.12. The summed E-state index contributed by atoms with van der Waals surface area (Å²) in [4.78, 5) is 22.5. The molecule has 0 fully saturated rings. The summed E-state index contributed by atoms with van der Waals surface area (Å²) in [6.45, 7) is 3.61. The number of carbonyl (C=O) groups excluding carboxylic acids is 1. The van der Waals surface area contributed by atoms with Crippen LogP contribution in [-0.4, -0.2) is 23.1 Å². The van der Waals surface area contributed by atoms with Gasteiger partial charge in [0, 0.05) is 15.3 Å². The third-order valence-electron chi connectivity index (χ3n) is 3.18. The Morgan fingerprint density at radius 1 is 1.19 bits per heavy atom. The summed E-state index contributed by atoms with van der Waals surface area (Å²) in [5.74, 6) is -1.11. The van der Waals surface area contributed by atoms with Gasteiger partial charge in [-0.2, -0.15) is 0 Å². The third kappa shape index (κ3) is 7.31. The Bertz CT molecular complexity index is 476. The first-order valence-corrected chi connectivity index (χ1v) is 8.02. The number of amides is 2. The van der Waals surface area contributed by atoms with E-state index >= 15 is 0 Å². The lowest BCUT2D eigenvalue weighted by atomic mass is 10.0. The lowest BCUT2D eigenvalue weighted by molar-refractivity contribution is -0.141. The number of halogens is 1. The summed E-state index contributed by atoms with van der Waals surface area (Å²) in [6, 6.07) is 7.31. The Hall–Kier alpha value is -1.31. The Kier molecular flexibility index (Phi) is 7.49. The van der Waals surface area contributed by atoms with E-state index in [-0.39, 0.29) is 18.0 Å². The van der Waals surface area contributed by atoms with Crippen molar-refractivity contribution in [1.29, 1.82) is 0 Å². The highest BCUT2D eigenvalue weighted by atomic mass is 127. The average Bonchev–Trinajstić information content (AvgIpc) is 2.41. The summed E-state index contributed by atoms with van der Waals surface area (Å²) in [6.07, 6.45) is 2.16. The van der Waals surface area contributed by atoms with Gasteiger partial charge in [-0.15, -0.1) is 0 Å². The number of carboxylic acids is 1. The van der Waals surface area contributed by atoms with Crippen molar-refractivity contribution >= 4 is 40.3 Å². The maximum atomic E-state index is 11.8. The molecule has 0 aliphatic heterocycles. The van der Waals surface area contributed by atoms with E-state index < -0.39 is 5.97 Å². The van der Waals surface area contributed by atoms with Crippen LogP contribution in [0.4, 0.5) is 10.5 Å². The minimum absolute atomic E-state index is 0.00911. The lowest BCUT2D eigenvalue weighted by Gasteiger charge is -2.15. The minimum Gasteiger partial charge on any atom is -0.481 e. The quantitative estimate of drug-likeness (QED) is 0.607. The molecule has 0 spiro atoms. The van der Waals surface area contributed by atoms with Crippen molar-refractivity contribution in [3.8, 4) is 0 Å². The van der Waals surface area contributed by atoms with Gasteiger partial charge in [-0.1, -0.05) is 13.3 Å². The maximum Gasteiger partial charge on any atom is 0.319 e. The molecule has 0 saturated carbocycles. The fraction of sp³-hybridized carbons (Fsp3) is 0.467. The molecule has 0 aliphatic rings. The van der Waals surface area contributed by atoms with Gasteiger partial charge in [0.25, 0.3) is 0 Å². The zero-order valence-electron chi connectivity index (χ0n) is 12.2. The first-order valence-electron chi connectivity index (χ1n) is 6.94. The van der Waals surface area contributed by atoms with Gasteiger partial charge >= 0.3 is 12.0 Å². The van der Waals surface area contributed by atoms with Gasteiger partial charge in [0.15, 0.2) is 0 Å². The van der Waals surface area contributed by atoms with Crippen LogP contribution in [0, 0.1) is 9.49 Å². The Labute approximate surface area is 138 Å². The number of urea groups is 1. The number of benzene rings is 1. The van der Waals surface area contributed by atoms with Gasteiger partial charge in [-0.05, 0) is 66.6 Å². The molecule has 21 heavy (non-hydrogen) atoms. The summed E-state index contributed by atoms with van der Waals surface area (Å²) in [5.41, 5.74) is 0.750. The predicted molar refractivity (Wildman–Crippen MR) is 91.4 cm³/mol. The fourth-order valence-electron chi connectivity index (χ4n) is 1.85. The van der Waals surface area contributed by atoms with Crippen LogP contribution in [-0.2, 0) is 4.79 Å². The van der Waals surface area contributed by atoms with Gasteiger partial charge in [0.1, 0.15) is 0 Å². The number of hydrogen-bond donors (Lipinski definition) is 3. The van der Waals surface area contributed by atoms with E-state index in [9.17, 15) is 9.59 Å². The molecule has 1 rings (SSSR count). The molecule has 5 nitrogen and oxygen atoms in total. The topological polar surface area (TPSA) is 78.4 Å². The van der Waals surface area contributed by atoms with Crippen LogP contribution in [0.5, 0.6) is 0 Å². The van der Waals surface area contributed by atoms with E-state index in [0.29, 0.717) is 6.42 Å². The van der Waals surface area contributed by atoms with Crippen LogP contribution in [0.25, 0.3) is 0 Å². The van der Waals surface area contributed by atoms with Crippen LogP contribution >= 0.6 is 22.6 Å². The second-order valence-corrected chi connectivity index (χ2v) is 6.42. The molecule has 2 atom stereocenters. The summed E-state index contributed by atoms with van der Waals surface area (Å²) in [5, 5.41) is 14.4. The van der Waals surface area contributed by atoms with Gasteiger partial charge in [0.05, 0.1) is 5.92 Å². The first kappa shape index (κ1) is 17.7. The molecule has 2 amide bonds. The molecule has 0 radical (unpaired) electrons. The zero-order chi connectivity index (χ0) is 15.8. The molecule has 2 unspecified atom stereocenters. The Morgan fingerprint density at radius 3 is 2.38 bits per heavy atom. The second-order valence-electron chi connectivity index (χ2n) is 5.18. The minimum atomic E-state index is -0.771. The number of rotatable bonds is 7. The van der Waals surface area contributed by atoms with Gasteiger partial charge in [-0.3, -0.25) is 4.79 Å². The standard InChI is InChI=1S/C15H21IN2O3/c1-10(14(19)20)4-3-5-11(2)17-15(21)18-13-8-6-12(16)7-9-13/h6-11H,3-5H2,1-2H3,(H,19,20)(H2,17,18,21). The Morgan fingerprint density at radius 2 is 1.81 bits per heavy atom. The van der Waals surface area contributed by atoms with Crippen molar-refractivity contribution < 1.29 is 14.7 Å². The number of carboxylic acid groups (broad SMARTS) is 1. The molecule has 0 heterocycles. The van der Waals surface area contributed by atoms with Crippen LogP contribution in [0.15, 0.2) is 24.3 Å². The van der Waals surface area contributed by atoms with E-state index in [1.54, 1.807) is 6.92 Å². The largest absolute Gasteiger partial charge is 0.481 e. The van der Waals surface area contributed by atoms with Gasteiger partial charge in [-0.25, -0.2) is 4.79 Å². The molecule has 6 heteroatoms. The van der Waals surface area contributed by atoms with Gasteiger partial charge < -0.3 is 15.7 Å².